The van der Waals surface area contributed by atoms with Crippen molar-refractivity contribution in [3.63, 3.8) is 0 Å². The van der Waals surface area contributed by atoms with Gasteiger partial charge in [0.15, 0.2) is 0 Å². The van der Waals surface area contributed by atoms with Crippen molar-refractivity contribution in [2.75, 3.05) is 0 Å². The Labute approximate surface area is 185 Å². The van der Waals surface area contributed by atoms with Crippen LogP contribution < -0.4 is 0 Å². The van der Waals surface area contributed by atoms with E-state index in [0.717, 1.165) is 42.4 Å². The average Bonchev–Trinajstić information content (AvgIpc) is 2.81. The summed E-state index contributed by atoms with van der Waals surface area (Å²) in [4.78, 5) is 0. The monoisotopic (exact) mass is 409 g/mol. The van der Waals surface area contributed by atoms with Crippen LogP contribution in [0.1, 0.15) is 48.9 Å². The summed E-state index contributed by atoms with van der Waals surface area (Å²) in [6.07, 6.45) is 7.44. The normalized spacial score (nSPS) is 11.9. The number of halogens is 1. The molecule has 0 aromatic heterocycles. The van der Waals surface area contributed by atoms with E-state index < -0.39 is 0 Å². The van der Waals surface area contributed by atoms with Crippen LogP contribution in [0.5, 0.6) is 0 Å². The van der Waals surface area contributed by atoms with Gasteiger partial charge in [-0.3, -0.25) is 0 Å². The lowest BCUT2D eigenvalue weighted by Crippen LogP contribution is -1.91. The molecule has 0 saturated carbocycles. The van der Waals surface area contributed by atoms with E-state index in [1.54, 1.807) is 0 Å². The van der Waals surface area contributed by atoms with Gasteiger partial charge < -0.3 is 0 Å². The lowest BCUT2D eigenvalue weighted by atomic mass is 9.98. The van der Waals surface area contributed by atoms with Crippen LogP contribution in [-0.2, 0) is 12.8 Å². The van der Waals surface area contributed by atoms with E-state index in [9.17, 15) is 4.39 Å². The second-order valence-electron chi connectivity index (χ2n) is 7.74. The fourth-order valence-corrected chi connectivity index (χ4v) is 3.62. The molecule has 0 aliphatic rings. The minimum Gasteiger partial charge on any atom is -0.212 e. The molecule has 0 spiro atoms. The molecule has 0 heterocycles. The highest BCUT2D eigenvalue weighted by Gasteiger charge is 2.02. The van der Waals surface area contributed by atoms with Gasteiger partial charge in [0.05, 0.1) is 17.5 Å². The van der Waals surface area contributed by atoms with Gasteiger partial charge in [-0.05, 0) is 84.2 Å². The maximum atomic E-state index is 13.0. The van der Waals surface area contributed by atoms with Crippen molar-refractivity contribution in [1.82, 2.24) is 0 Å². The summed E-state index contributed by atoms with van der Waals surface area (Å²) in [5.41, 5.74) is 7.93. The van der Waals surface area contributed by atoms with E-state index >= 15 is 0 Å². The Morgan fingerprint density at radius 1 is 0.806 bits per heavy atom. The van der Waals surface area contributed by atoms with Crippen LogP contribution in [0, 0.1) is 11.3 Å². The van der Waals surface area contributed by atoms with Gasteiger partial charge in [-0.1, -0.05) is 73.7 Å². The summed E-state index contributed by atoms with van der Waals surface area (Å²) >= 11 is 0. The molecule has 3 rings (SSSR count). The molecule has 1 nitrogen and oxygen atoms in total. The van der Waals surface area contributed by atoms with Gasteiger partial charge in [-0.15, -0.1) is 0 Å². The summed E-state index contributed by atoms with van der Waals surface area (Å²) in [5.74, 6) is -0.174. The summed E-state index contributed by atoms with van der Waals surface area (Å²) in [5, 5.41) is 8.92. The smallest absolute Gasteiger partial charge is 0.0991 e. The Morgan fingerprint density at radius 3 is 1.81 bits per heavy atom. The highest BCUT2D eigenvalue weighted by atomic mass is 19.1. The maximum absolute atomic E-state index is 13.0. The standard InChI is InChI=1S/C29H28FN/c1-3-26(14-7-22(2)30)27-15-8-23(9-16-27)5-4-6-24-10-17-28(18-11-24)29-19-12-25(21-31)13-20-29/h7-20H,3-6H2,1-2H3/b22-7+,26-14+. The number of nitriles is 1. The maximum Gasteiger partial charge on any atom is 0.0991 e. The molecule has 0 saturated heterocycles. The molecule has 0 aliphatic carbocycles. The van der Waals surface area contributed by atoms with E-state index in [0.29, 0.717) is 5.56 Å². The number of hydrogen-bond donors (Lipinski definition) is 0. The van der Waals surface area contributed by atoms with Crippen molar-refractivity contribution in [2.24, 2.45) is 0 Å². The molecule has 3 aromatic carbocycles. The average molecular weight is 410 g/mol. The minimum absolute atomic E-state index is 0.174. The summed E-state index contributed by atoms with van der Waals surface area (Å²) in [6.45, 7) is 3.56. The first kappa shape index (κ1) is 22.2. The van der Waals surface area contributed by atoms with Crippen molar-refractivity contribution >= 4 is 5.57 Å². The van der Waals surface area contributed by atoms with Crippen LogP contribution in [0.2, 0.25) is 0 Å². The highest BCUT2D eigenvalue weighted by molar-refractivity contribution is 5.67. The molecule has 156 valence electrons. The quantitative estimate of drug-likeness (QED) is 0.345. The third kappa shape index (κ3) is 6.52. The first-order valence-corrected chi connectivity index (χ1v) is 10.8. The molecule has 0 bridgehead atoms. The SMILES string of the molecule is CC/C(=C\C=C(/C)F)c1ccc(CCCc2ccc(-c3ccc(C#N)cc3)cc2)cc1. The van der Waals surface area contributed by atoms with E-state index in [-0.39, 0.29) is 5.83 Å². The Balaban J connectivity index is 1.54. The fourth-order valence-electron chi connectivity index (χ4n) is 3.62. The molecule has 31 heavy (non-hydrogen) atoms. The van der Waals surface area contributed by atoms with Crippen molar-refractivity contribution < 1.29 is 4.39 Å². The molecular formula is C29H28FN. The third-order valence-electron chi connectivity index (χ3n) is 5.45. The zero-order valence-electron chi connectivity index (χ0n) is 18.2. The van der Waals surface area contributed by atoms with E-state index in [2.05, 4.69) is 61.5 Å². The van der Waals surface area contributed by atoms with Gasteiger partial charge in [0, 0.05) is 0 Å². The van der Waals surface area contributed by atoms with E-state index in [4.69, 9.17) is 5.26 Å². The largest absolute Gasteiger partial charge is 0.212 e. The Bertz CT molecular complexity index is 1080. The van der Waals surface area contributed by atoms with Crippen LogP contribution in [0.4, 0.5) is 4.39 Å². The lowest BCUT2D eigenvalue weighted by molar-refractivity contribution is 0.640. The molecule has 3 aromatic rings. The summed E-state index contributed by atoms with van der Waals surface area (Å²) in [6, 6.07) is 27.2. The van der Waals surface area contributed by atoms with Gasteiger partial charge >= 0.3 is 0 Å². The Morgan fingerprint density at radius 2 is 1.32 bits per heavy atom. The van der Waals surface area contributed by atoms with Gasteiger partial charge in [0.25, 0.3) is 0 Å². The third-order valence-corrected chi connectivity index (χ3v) is 5.45. The number of nitrogens with zero attached hydrogens (tertiary/aromatic N) is 1. The van der Waals surface area contributed by atoms with Crippen LogP contribution in [-0.4, -0.2) is 0 Å². The van der Waals surface area contributed by atoms with Gasteiger partial charge in [0.2, 0.25) is 0 Å². The van der Waals surface area contributed by atoms with Gasteiger partial charge in [0.1, 0.15) is 0 Å². The van der Waals surface area contributed by atoms with Crippen molar-refractivity contribution in [3.8, 4) is 17.2 Å². The van der Waals surface area contributed by atoms with E-state index in [1.807, 2.05) is 30.3 Å². The van der Waals surface area contributed by atoms with Crippen LogP contribution in [0.15, 0.2) is 90.8 Å². The molecule has 0 atom stereocenters. The van der Waals surface area contributed by atoms with E-state index in [1.165, 1.54) is 29.7 Å². The first-order valence-electron chi connectivity index (χ1n) is 10.8. The second kappa shape index (κ2) is 11.1. The Hall–Kier alpha value is -3.44. The molecular weight excluding hydrogens is 381 g/mol. The molecule has 0 N–H and O–H groups in total. The molecule has 0 fully saturated rings. The molecule has 0 aliphatic heterocycles. The fraction of sp³-hybridized carbons (Fsp3) is 0.207. The molecule has 0 unspecified atom stereocenters. The minimum atomic E-state index is -0.174. The van der Waals surface area contributed by atoms with Crippen LogP contribution in [0.25, 0.3) is 16.7 Å². The molecule has 0 radical (unpaired) electrons. The van der Waals surface area contributed by atoms with Crippen molar-refractivity contribution in [3.05, 3.63) is 113 Å². The highest BCUT2D eigenvalue weighted by Crippen LogP contribution is 2.22. The van der Waals surface area contributed by atoms with Crippen molar-refractivity contribution in [2.45, 2.75) is 39.5 Å². The molecule has 2 heteroatoms. The predicted molar refractivity (Wildman–Crippen MR) is 128 cm³/mol. The predicted octanol–water partition coefficient (Wildman–Crippen LogP) is 8.07. The van der Waals surface area contributed by atoms with Crippen LogP contribution in [0.3, 0.4) is 0 Å². The second-order valence-corrected chi connectivity index (χ2v) is 7.74. The number of allylic oxidation sites excluding steroid dienone is 4. The zero-order valence-corrected chi connectivity index (χ0v) is 18.2. The number of aryl methyl sites for hydroxylation is 2. The summed E-state index contributed by atoms with van der Waals surface area (Å²) < 4.78 is 13.0. The number of hydrogen-bond acceptors (Lipinski definition) is 1. The van der Waals surface area contributed by atoms with Gasteiger partial charge in [-0.2, -0.15) is 5.26 Å². The van der Waals surface area contributed by atoms with Gasteiger partial charge in [-0.25, -0.2) is 4.39 Å². The van der Waals surface area contributed by atoms with Crippen molar-refractivity contribution in [1.29, 1.82) is 5.26 Å². The molecule has 0 amide bonds. The lowest BCUT2D eigenvalue weighted by Gasteiger charge is -2.08. The first-order chi connectivity index (χ1) is 15.1. The van der Waals surface area contributed by atoms with Crippen LogP contribution >= 0.6 is 0 Å². The topological polar surface area (TPSA) is 23.8 Å². The number of rotatable bonds is 8. The number of benzene rings is 3. The Kier molecular flexibility index (Phi) is 7.96. The zero-order chi connectivity index (χ0) is 22.1. The summed E-state index contributed by atoms with van der Waals surface area (Å²) in [7, 11) is 0.